The van der Waals surface area contributed by atoms with Crippen molar-refractivity contribution in [3.05, 3.63) is 65.0 Å². The van der Waals surface area contributed by atoms with Crippen LogP contribution in [0.3, 0.4) is 0 Å². The molecule has 1 aliphatic rings. The highest BCUT2D eigenvalue weighted by molar-refractivity contribution is 5.98. The van der Waals surface area contributed by atoms with E-state index in [0.29, 0.717) is 24.1 Å². The molecule has 28 heavy (non-hydrogen) atoms. The van der Waals surface area contributed by atoms with E-state index in [1.54, 1.807) is 0 Å². The number of hydrogen-bond donors (Lipinski definition) is 3. The average Bonchev–Trinajstić information content (AvgIpc) is 2.66. The van der Waals surface area contributed by atoms with Gasteiger partial charge in [-0.25, -0.2) is 4.39 Å². The molecule has 0 spiro atoms. The molecule has 146 valence electrons. The predicted octanol–water partition coefficient (Wildman–Crippen LogP) is 2.92. The van der Waals surface area contributed by atoms with Crippen molar-refractivity contribution in [2.45, 2.75) is 38.1 Å². The van der Waals surface area contributed by atoms with Crippen LogP contribution >= 0.6 is 0 Å². The number of rotatable bonds is 7. The minimum Gasteiger partial charge on any atom is -0.481 e. The third-order valence-corrected chi connectivity index (χ3v) is 4.70. The monoisotopic (exact) mass is 384 g/mol. The van der Waals surface area contributed by atoms with Gasteiger partial charge in [-0.2, -0.15) is 0 Å². The summed E-state index contributed by atoms with van der Waals surface area (Å²) in [5, 5.41) is 14.3. The summed E-state index contributed by atoms with van der Waals surface area (Å²) in [6.45, 7) is 0. The Bertz CT molecular complexity index is 899. The first kappa shape index (κ1) is 19.5. The van der Waals surface area contributed by atoms with Gasteiger partial charge in [0.2, 0.25) is 5.91 Å². The van der Waals surface area contributed by atoms with Crippen LogP contribution in [0.4, 0.5) is 10.1 Å². The van der Waals surface area contributed by atoms with E-state index in [9.17, 15) is 18.8 Å². The predicted molar refractivity (Wildman–Crippen MR) is 102 cm³/mol. The largest absolute Gasteiger partial charge is 0.481 e. The van der Waals surface area contributed by atoms with Crippen molar-refractivity contribution in [2.24, 2.45) is 0 Å². The van der Waals surface area contributed by atoms with Gasteiger partial charge in [0.1, 0.15) is 5.82 Å². The van der Waals surface area contributed by atoms with Crippen molar-refractivity contribution in [1.29, 1.82) is 0 Å². The number of anilines is 1. The normalized spacial score (nSPS) is 14.0. The Balaban J connectivity index is 1.77. The summed E-state index contributed by atoms with van der Waals surface area (Å²) in [5.41, 5.74) is 1.93. The molecular formula is C21H21FN2O4. The number of halogens is 1. The van der Waals surface area contributed by atoms with Crippen molar-refractivity contribution in [2.75, 3.05) is 5.32 Å². The van der Waals surface area contributed by atoms with Crippen molar-refractivity contribution in [1.82, 2.24) is 5.32 Å². The zero-order chi connectivity index (χ0) is 20.1. The molecule has 2 amide bonds. The van der Waals surface area contributed by atoms with E-state index in [1.165, 1.54) is 6.07 Å². The lowest BCUT2D eigenvalue weighted by Gasteiger charge is -2.21. The first-order chi connectivity index (χ1) is 13.4. The Morgan fingerprint density at radius 2 is 1.93 bits per heavy atom. The average molecular weight is 384 g/mol. The lowest BCUT2D eigenvalue weighted by atomic mass is 9.98. The highest BCUT2D eigenvalue weighted by Crippen LogP contribution is 2.26. The van der Waals surface area contributed by atoms with E-state index in [0.717, 1.165) is 11.6 Å². The summed E-state index contributed by atoms with van der Waals surface area (Å²) in [6.07, 6.45) is 1.31. The molecule has 7 heteroatoms. The first-order valence-electron chi connectivity index (χ1n) is 9.11. The smallest absolute Gasteiger partial charge is 0.303 e. The molecule has 3 N–H and O–H groups in total. The number of carboxylic acid groups (broad SMARTS) is 1. The maximum absolute atomic E-state index is 14.4. The van der Waals surface area contributed by atoms with E-state index in [1.807, 2.05) is 30.3 Å². The van der Waals surface area contributed by atoms with Crippen LogP contribution in [-0.2, 0) is 22.4 Å². The minimum absolute atomic E-state index is 0.101. The van der Waals surface area contributed by atoms with E-state index >= 15 is 0 Å². The molecule has 1 heterocycles. The van der Waals surface area contributed by atoms with Crippen LogP contribution in [0, 0.1) is 5.82 Å². The number of fused-ring (bicyclic) bond motifs is 1. The Hall–Kier alpha value is -3.22. The molecule has 1 atom stereocenters. The van der Waals surface area contributed by atoms with E-state index < -0.39 is 23.7 Å². The van der Waals surface area contributed by atoms with Gasteiger partial charge in [-0.05, 0) is 42.5 Å². The van der Waals surface area contributed by atoms with Gasteiger partial charge in [-0.15, -0.1) is 0 Å². The molecule has 0 saturated carbocycles. The van der Waals surface area contributed by atoms with Crippen LogP contribution in [-0.4, -0.2) is 28.9 Å². The Labute approximate surface area is 161 Å². The quantitative estimate of drug-likeness (QED) is 0.684. The molecule has 3 rings (SSSR count). The van der Waals surface area contributed by atoms with Gasteiger partial charge in [0, 0.05) is 24.6 Å². The highest BCUT2D eigenvalue weighted by Gasteiger charge is 2.22. The second-order valence-electron chi connectivity index (χ2n) is 6.83. The zero-order valence-corrected chi connectivity index (χ0v) is 15.2. The molecule has 1 aliphatic heterocycles. The van der Waals surface area contributed by atoms with Crippen molar-refractivity contribution in [3.8, 4) is 0 Å². The minimum atomic E-state index is -0.956. The maximum Gasteiger partial charge on any atom is 0.303 e. The molecule has 6 nitrogen and oxygen atoms in total. The topological polar surface area (TPSA) is 95.5 Å². The third-order valence-electron chi connectivity index (χ3n) is 4.70. The van der Waals surface area contributed by atoms with Crippen LogP contribution in [0.1, 0.15) is 40.7 Å². The fraction of sp³-hybridized carbons (Fsp3) is 0.286. The third kappa shape index (κ3) is 4.94. The van der Waals surface area contributed by atoms with Gasteiger partial charge < -0.3 is 15.7 Å². The van der Waals surface area contributed by atoms with Gasteiger partial charge in [-0.3, -0.25) is 14.4 Å². The fourth-order valence-corrected chi connectivity index (χ4v) is 3.26. The number of amides is 2. The second kappa shape index (κ2) is 8.65. The molecule has 0 saturated heterocycles. The Kier molecular flexibility index (Phi) is 6.03. The van der Waals surface area contributed by atoms with E-state index in [2.05, 4.69) is 10.6 Å². The molecule has 0 aromatic heterocycles. The van der Waals surface area contributed by atoms with Gasteiger partial charge in [0.15, 0.2) is 0 Å². The van der Waals surface area contributed by atoms with Crippen LogP contribution in [0.5, 0.6) is 0 Å². The van der Waals surface area contributed by atoms with Gasteiger partial charge in [0.05, 0.1) is 5.56 Å². The first-order valence-corrected chi connectivity index (χ1v) is 9.11. The highest BCUT2D eigenvalue weighted by atomic mass is 19.1. The Morgan fingerprint density at radius 1 is 1.18 bits per heavy atom. The number of nitrogens with one attached hydrogen (secondary N) is 2. The number of carbonyl (C=O) groups excluding carboxylic acids is 2. The van der Waals surface area contributed by atoms with Crippen LogP contribution in [0.15, 0.2) is 42.5 Å². The molecule has 0 aliphatic carbocycles. The molecule has 2 aromatic rings. The van der Waals surface area contributed by atoms with E-state index in [4.69, 9.17) is 5.11 Å². The second-order valence-corrected chi connectivity index (χ2v) is 6.83. The summed E-state index contributed by atoms with van der Waals surface area (Å²) in [4.78, 5) is 35.1. The fourth-order valence-electron chi connectivity index (χ4n) is 3.26. The number of carboxylic acids is 1. The molecule has 1 unspecified atom stereocenters. The van der Waals surface area contributed by atoms with Gasteiger partial charge >= 0.3 is 5.97 Å². The number of aliphatic carboxylic acids is 1. The SMILES string of the molecule is O=C(O)CCC(Cc1ccccc1)NC(=O)c1cc2c(cc1F)NC(=O)CC2. The summed E-state index contributed by atoms with van der Waals surface area (Å²) in [6, 6.07) is 11.5. The number of carbonyl (C=O) groups is 3. The standard InChI is InChI=1S/C21H21FN2O4/c22-17-12-18-14(6-8-19(25)24-18)11-16(17)21(28)23-15(7-9-20(26)27)10-13-4-2-1-3-5-13/h1-5,11-12,15H,6-10H2,(H,23,28)(H,24,25)(H,26,27). The summed E-state index contributed by atoms with van der Waals surface area (Å²) in [5.74, 6) is -2.46. The van der Waals surface area contributed by atoms with Gasteiger partial charge in [-0.1, -0.05) is 30.3 Å². The lowest BCUT2D eigenvalue weighted by Crippen LogP contribution is -2.37. The van der Waals surface area contributed by atoms with Crippen LogP contribution in [0.25, 0.3) is 0 Å². The van der Waals surface area contributed by atoms with Crippen molar-refractivity contribution < 1.29 is 23.9 Å². The molecule has 0 fully saturated rings. The van der Waals surface area contributed by atoms with Gasteiger partial charge in [0.25, 0.3) is 5.91 Å². The maximum atomic E-state index is 14.4. The van der Waals surface area contributed by atoms with Crippen molar-refractivity contribution in [3.63, 3.8) is 0 Å². The van der Waals surface area contributed by atoms with Crippen LogP contribution < -0.4 is 10.6 Å². The molecule has 0 bridgehead atoms. The number of benzene rings is 2. The summed E-state index contributed by atoms with van der Waals surface area (Å²) in [7, 11) is 0. The van der Waals surface area contributed by atoms with E-state index in [-0.39, 0.29) is 30.7 Å². The van der Waals surface area contributed by atoms with Crippen LogP contribution in [0.2, 0.25) is 0 Å². The Morgan fingerprint density at radius 3 is 2.64 bits per heavy atom. The summed E-state index contributed by atoms with van der Waals surface area (Å²) >= 11 is 0. The summed E-state index contributed by atoms with van der Waals surface area (Å²) < 4.78 is 14.4. The number of hydrogen-bond acceptors (Lipinski definition) is 3. The zero-order valence-electron chi connectivity index (χ0n) is 15.2. The molecule has 2 aromatic carbocycles. The number of aryl methyl sites for hydroxylation is 1. The van der Waals surface area contributed by atoms with Crippen molar-refractivity contribution >= 4 is 23.5 Å². The molecule has 0 radical (unpaired) electrons. The lowest BCUT2D eigenvalue weighted by molar-refractivity contribution is -0.137. The molecular weight excluding hydrogens is 363 g/mol.